The molecule has 0 aromatic rings. The highest BCUT2D eigenvalue weighted by molar-refractivity contribution is 7.80. The maximum atomic E-state index is 11.1. The summed E-state index contributed by atoms with van der Waals surface area (Å²) < 4.78 is 0. The fraction of sp³-hybridized carbons (Fsp3) is 0.750. The Hall–Kier alpha value is -0.640. The third-order valence-electron chi connectivity index (χ3n) is 2.16. The molecule has 68 valence electrons. The molecule has 0 radical (unpaired) electrons. The largest absolute Gasteiger partial charge is 0.392 e. The summed E-state index contributed by atoms with van der Waals surface area (Å²) in [7, 11) is 0. The van der Waals surface area contributed by atoms with Crippen LogP contribution in [0.1, 0.15) is 25.7 Å². The minimum absolute atomic E-state index is 0.0764. The summed E-state index contributed by atoms with van der Waals surface area (Å²) in [6.07, 6.45) is 4.30. The second-order valence-electron chi connectivity index (χ2n) is 3.24. The lowest BCUT2D eigenvalue weighted by atomic mass is 9.83. The van der Waals surface area contributed by atoms with Crippen LogP contribution in [0.5, 0.6) is 0 Å². The van der Waals surface area contributed by atoms with Gasteiger partial charge in [0.05, 0.1) is 11.5 Å². The summed E-state index contributed by atoms with van der Waals surface area (Å²) in [5.74, 6) is 0.684. The van der Waals surface area contributed by atoms with Crippen LogP contribution in [0.25, 0.3) is 0 Å². The zero-order chi connectivity index (χ0) is 8.97. The Morgan fingerprint density at radius 3 is 2.67 bits per heavy atom. The first-order chi connectivity index (χ1) is 5.68. The van der Waals surface area contributed by atoms with Crippen molar-refractivity contribution in [3.63, 3.8) is 0 Å². The molecule has 1 aliphatic carbocycles. The maximum Gasteiger partial charge on any atom is 0.220 e. The van der Waals surface area contributed by atoms with E-state index in [0.29, 0.717) is 23.9 Å². The van der Waals surface area contributed by atoms with E-state index in [-0.39, 0.29) is 5.91 Å². The average Bonchev–Trinajstić information content (AvgIpc) is 1.93. The molecular formula is C8H14N2OS. The number of hydrogen-bond donors (Lipinski definition) is 2. The van der Waals surface area contributed by atoms with Crippen LogP contribution in [-0.2, 0) is 4.79 Å². The summed E-state index contributed by atoms with van der Waals surface area (Å²) in [5.41, 5.74) is 5.23. The van der Waals surface area contributed by atoms with E-state index in [1.165, 1.54) is 19.3 Å². The van der Waals surface area contributed by atoms with Gasteiger partial charge in [-0.05, 0) is 18.8 Å². The molecule has 1 fully saturated rings. The molecule has 0 unspecified atom stereocenters. The highest BCUT2D eigenvalue weighted by Gasteiger charge is 2.20. The first-order valence-corrected chi connectivity index (χ1v) is 4.64. The van der Waals surface area contributed by atoms with Gasteiger partial charge in [0.1, 0.15) is 0 Å². The number of rotatable bonds is 4. The van der Waals surface area contributed by atoms with E-state index < -0.39 is 0 Å². The van der Waals surface area contributed by atoms with Crippen LogP contribution < -0.4 is 11.1 Å². The lowest BCUT2D eigenvalue weighted by Crippen LogP contribution is -2.34. The molecule has 0 aromatic carbocycles. The molecule has 1 amide bonds. The van der Waals surface area contributed by atoms with Gasteiger partial charge in [-0.1, -0.05) is 18.6 Å². The van der Waals surface area contributed by atoms with E-state index in [9.17, 15) is 4.79 Å². The van der Waals surface area contributed by atoms with Crippen LogP contribution in [0.2, 0.25) is 0 Å². The van der Waals surface area contributed by atoms with Gasteiger partial charge in [0.25, 0.3) is 0 Å². The Kier molecular flexibility index (Phi) is 3.47. The second kappa shape index (κ2) is 4.40. The zero-order valence-electron chi connectivity index (χ0n) is 7.01. The van der Waals surface area contributed by atoms with E-state index in [4.69, 9.17) is 5.73 Å². The van der Waals surface area contributed by atoms with Crippen LogP contribution in [0.3, 0.4) is 0 Å². The van der Waals surface area contributed by atoms with Crippen LogP contribution in [0, 0.1) is 5.92 Å². The molecule has 0 bridgehead atoms. The predicted octanol–water partition coefficient (Wildman–Crippen LogP) is 0.579. The van der Waals surface area contributed by atoms with Crippen molar-refractivity contribution in [3.8, 4) is 0 Å². The van der Waals surface area contributed by atoms with Crippen molar-refractivity contribution in [1.82, 2.24) is 5.32 Å². The molecule has 4 heteroatoms. The second-order valence-corrected chi connectivity index (χ2v) is 3.77. The number of amides is 1. The minimum atomic E-state index is 0.0764. The quantitative estimate of drug-likeness (QED) is 0.631. The molecule has 0 aromatic heterocycles. The van der Waals surface area contributed by atoms with E-state index in [1.54, 1.807) is 0 Å². The van der Waals surface area contributed by atoms with Crippen LogP contribution >= 0.6 is 12.2 Å². The fourth-order valence-electron chi connectivity index (χ4n) is 1.22. The lowest BCUT2D eigenvalue weighted by molar-refractivity contribution is -0.122. The molecule has 1 aliphatic rings. The molecule has 3 N–H and O–H groups in total. The Morgan fingerprint density at radius 1 is 1.58 bits per heavy atom. The number of nitrogens with two attached hydrogens (primary N) is 1. The van der Waals surface area contributed by atoms with Gasteiger partial charge in [0, 0.05) is 6.42 Å². The molecular weight excluding hydrogens is 172 g/mol. The van der Waals surface area contributed by atoms with Crippen molar-refractivity contribution in [2.45, 2.75) is 25.7 Å². The standard InChI is InChI=1S/C8H14N2OS/c9-7(12)5-10-8(11)4-6-2-1-3-6/h6H,1-5H2,(H2,9,12)(H,10,11). The van der Waals surface area contributed by atoms with Gasteiger partial charge < -0.3 is 11.1 Å². The number of nitrogens with one attached hydrogen (secondary N) is 1. The Balaban J connectivity index is 2.06. The SMILES string of the molecule is NC(=S)CNC(=O)CC1CCC1. The van der Waals surface area contributed by atoms with Crippen LogP contribution in [-0.4, -0.2) is 17.4 Å². The number of carbonyl (C=O) groups is 1. The third-order valence-corrected chi connectivity index (χ3v) is 2.30. The number of thiocarbonyl (C=S) groups is 1. The van der Waals surface area contributed by atoms with Crippen LogP contribution in [0.15, 0.2) is 0 Å². The normalized spacial score (nSPS) is 16.7. The van der Waals surface area contributed by atoms with Gasteiger partial charge in [-0.25, -0.2) is 0 Å². The van der Waals surface area contributed by atoms with E-state index in [0.717, 1.165) is 0 Å². The predicted molar refractivity (Wildman–Crippen MR) is 51.8 cm³/mol. The number of hydrogen-bond acceptors (Lipinski definition) is 2. The molecule has 3 nitrogen and oxygen atoms in total. The lowest BCUT2D eigenvalue weighted by Gasteiger charge is -2.24. The van der Waals surface area contributed by atoms with Crippen molar-refractivity contribution in [2.24, 2.45) is 11.7 Å². The van der Waals surface area contributed by atoms with Gasteiger partial charge in [0.2, 0.25) is 5.91 Å². The molecule has 1 rings (SSSR count). The summed E-state index contributed by atoms with van der Waals surface area (Å²) in [4.78, 5) is 11.5. The van der Waals surface area contributed by atoms with Crippen LogP contribution in [0.4, 0.5) is 0 Å². The van der Waals surface area contributed by atoms with Crippen molar-refractivity contribution >= 4 is 23.1 Å². The highest BCUT2D eigenvalue weighted by atomic mass is 32.1. The highest BCUT2D eigenvalue weighted by Crippen LogP contribution is 2.28. The molecule has 0 atom stereocenters. The first-order valence-electron chi connectivity index (χ1n) is 4.23. The van der Waals surface area contributed by atoms with Crippen molar-refractivity contribution in [2.75, 3.05) is 6.54 Å². The average molecular weight is 186 g/mol. The van der Waals surface area contributed by atoms with E-state index in [2.05, 4.69) is 17.5 Å². The third kappa shape index (κ3) is 3.17. The van der Waals surface area contributed by atoms with Gasteiger partial charge in [-0.15, -0.1) is 0 Å². The first kappa shape index (κ1) is 9.45. The van der Waals surface area contributed by atoms with Crippen molar-refractivity contribution in [3.05, 3.63) is 0 Å². The zero-order valence-corrected chi connectivity index (χ0v) is 7.82. The van der Waals surface area contributed by atoms with Gasteiger partial charge in [-0.3, -0.25) is 4.79 Å². The van der Waals surface area contributed by atoms with Crippen molar-refractivity contribution in [1.29, 1.82) is 0 Å². The number of carbonyl (C=O) groups excluding carboxylic acids is 1. The summed E-state index contributed by atoms with van der Waals surface area (Å²) in [6.45, 7) is 0.334. The van der Waals surface area contributed by atoms with E-state index in [1.807, 2.05) is 0 Å². The topological polar surface area (TPSA) is 55.1 Å². The minimum Gasteiger partial charge on any atom is -0.392 e. The Bertz CT molecular complexity index is 189. The summed E-state index contributed by atoms with van der Waals surface area (Å²) in [6, 6.07) is 0. The maximum absolute atomic E-state index is 11.1. The monoisotopic (exact) mass is 186 g/mol. The fourth-order valence-corrected chi connectivity index (χ4v) is 1.29. The smallest absolute Gasteiger partial charge is 0.220 e. The van der Waals surface area contributed by atoms with Gasteiger partial charge >= 0.3 is 0 Å². The Morgan fingerprint density at radius 2 is 2.25 bits per heavy atom. The summed E-state index contributed by atoms with van der Waals surface area (Å²) >= 11 is 4.63. The molecule has 0 aliphatic heterocycles. The van der Waals surface area contributed by atoms with Gasteiger partial charge in [0.15, 0.2) is 0 Å². The molecule has 1 saturated carbocycles. The molecule has 12 heavy (non-hydrogen) atoms. The molecule has 0 heterocycles. The molecule has 0 saturated heterocycles. The van der Waals surface area contributed by atoms with Crippen molar-refractivity contribution < 1.29 is 4.79 Å². The molecule has 0 spiro atoms. The summed E-state index contributed by atoms with van der Waals surface area (Å²) in [5, 5.41) is 2.68. The van der Waals surface area contributed by atoms with Gasteiger partial charge in [-0.2, -0.15) is 0 Å². The van der Waals surface area contributed by atoms with E-state index >= 15 is 0 Å². The Labute approximate surface area is 77.7 Å².